The summed E-state index contributed by atoms with van der Waals surface area (Å²) in [6.45, 7) is 2.06. The maximum Gasteiger partial charge on any atom is 0.215 e. The quantitative estimate of drug-likeness (QED) is 0.518. The van der Waals surface area contributed by atoms with Crippen LogP contribution in [0.2, 0.25) is 0 Å². The van der Waals surface area contributed by atoms with Gasteiger partial charge in [-0.1, -0.05) is 19.1 Å². The molecule has 0 bridgehead atoms. The number of halogens is 1. The Labute approximate surface area is 74.8 Å². The summed E-state index contributed by atoms with van der Waals surface area (Å²) in [7, 11) is -3.03. The molecule has 1 aliphatic rings. The zero-order chi connectivity index (χ0) is 8.48. The molecule has 0 N–H and O–H groups in total. The van der Waals surface area contributed by atoms with Crippen molar-refractivity contribution in [3.8, 4) is 0 Å². The van der Waals surface area contributed by atoms with E-state index in [1.165, 1.54) is 0 Å². The Morgan fingerprint density at radius 2 is 2.18 bits per heavy atom. The molecule has 0 saturated heterocycles. The van der Waals surface area contributed by atoms with Crippen molar-refractivity contribution in [2.75, 3.05) is 0 Å². The van der Waals surface area contributed by atoms with Gasteiger partial charge in [-0.3, -0.25) is 0 Å². The molecule has 0 spiro atoms. The fourth-order valence-electron chi connectivity index (χ4n) is 1.24. The molecule has 0 fully saturated rings. The average molecular weight is 239 g/mol. The highest BCUT2D eigenvalue weighted by molar-refractivity contribution is 9.47. The number of hydrogen-bond donors (Lipinski definition) is 0. The number of allylic oxidation sites excluding steroid dienone is 1. The van der Waals surface area contributed by atoms with Gasteiger partial charge in [0.15, 0.2) is 0 Å². The van der Waals surface area contributed by atoms with Gasteiger partial charge in [0, 0.05) is 0 Å². The lowest BCUT2D eigenvalue weighted by atomic mass is 9.96. The van der Waals surface area contributed by atoms with E-state index >= 15 is 0 Å². The fraction of sp³-hybridized carbons (Fsp3) is 0.714. The molecule has 1 rings (SSSR count). The molecule has 64 valence electrons. The molecule has 0 amide bonds. The van der Waals surface area contributed by atoms with Crippen molar-refractivity contribution >= 4 is 23.1 Å². The van der Waals surface area contributed by atoms with Crippen molar-refractivity contribution in [1.82, 2.24) is 0 Å². The molecule has 0 unspecified atom stereocenters. The molecule has 0 aromatic heterocycles. The van der Waals surface area contributed by atoms with Crippen LogP contribution in [0, 0.1) is 5.92 Å². The summed E-state index contributed by atoms with van der Waals surface area (Å²) < 4.78 is 22.0. The minimum Gasteiger partial charge on any atom is -0.216 e. The third kappa shape index (κ3) is 2.60. The Bertz CT molecular complexity index is 256. The summed E-state index contributed by atoms with van der Waals surface area (Å²) in [5, 5.41) is -0.314. The van der Waals surface area contributed by atoms with Crippen LogP contribution >= 0.6 is 14.8 Å². The van der Waals surface area contributed by atoms with Crippen molar-refractivity contribution in [2.24, 2.45) is 5.92 Å². The Hall–Kier alpha value is 0.170. The highest BCUT2D eigenvalue weighted by atomic mass is 79.9. The molecule has 0 aliphatic heterocycles. The van der Waals surface area contributed by atoms with Crippen LogP contribution in [0.1, 0.15) is 19.8 Å². The molecule has 11 heavy (non-hydrogen) atoms. The van der Waals surface area contributed by atoms with Crippen molar-refractivity contribution in [3.63, 3.8) is 0 Å². The molecule has 0 aromatic rings. The van der Waals surface area contributed by atoms with Gasteiger partial charge in [0.2, 0.25) is 8.27 Å². The maximum absolute atomic E-state index is 11.0. The first-order chi connectivity index (χ1) is 5.00. The topological polar surface area (TPSA) is 34.1 Å². The number of rotatable bonds is 1. The van der Waals surface area contributed by atoms with E-state index in [2.05, 4.69) is 21.7 Å². The second-order valence-electron chi connectivity index (χ2n) is 3.02. The molecule has 2 atom stereocenters. The molecule has 0 heterocycles. The van der Waals surface area contributed by atoms with Crippen LogP contribution in [-0.2, 0) is 8.27 Å². The maximum atomic E-state index is 11.0. The third-order valence-corrected chi connectivity index (χ3v) is 4.40. The van der Waals surface area contributed by atoms with Crippen LogP contribution in [0.4, 0.5) is 0 Å². The third-order valence-electron chi connectivity index (χ3n) is 1.89. The average Bonchev–Trinajstić information content (AvgIpc) is 1.86. The van der Waals surface area contributed by atoms with E-state index in [9.17, 15) is 8.42 Å². The molecule has 1 aliphatic carbocycles. The minimum absolute atomic E-state index is 0.314. The summed E-state index contributed by atoms with van der Waals surface area (Å²) in [6, 6.07) is 0. The van der Waals surface area contributed by atoms with E-state index in [1.54, 1.807) is 6.08 Å². The molecule has 4 heteroatoms. The van der Waals surface area contributed by atoms with Crippen LogP contribution < -0.4 is 0 Å². The van der Waals surface area contributed by atoms with Gasteiger partial charge in [0.05, 0.1) is 20.1 Å². The zero-order valence-corrected chi connectivity index (χ0v) is 8.73. The van der Waals surface area contributed by atoms with Gasteiger partial charge in [-0.15, -0.1) is 0 Å². The molecule has 0 radical (unpaired) electrons. The second kappa shape index (κ2) is 3.27. The van der Waals surface area contributed by atoms with Crippen LogP contribution in [0.25, 0.3) is 0 Å². The van der Waals surface area contributed by atoms with E-state index in [1.807, 2.05) is 6.08 Å². The SMILES string of the molecule is C[C@H]1CC=C[C@@H](S(=O)(=O)Br)C1. The zero-order valence-electron chi connectivity index (χ0n) is 6.33. The molecule has 0 aromatic carbocycles. The van der Waals surface area contributed by atoms with Gasteiger partial charge in [-0.2, -0.15) is 0 Å². The van der Waals surface area contributed by atoms with Gasteiger partial charge in [0.1, 0.15) is 0 Å². The van der Waals surface area contributed by atoms with E-state index in [-0.39, 0.29) is 5.25 Å². The summed E-state index contributed by atoms with van der Waals surface area (Å²) in [6.07, 6.45) is 5.45. The first-order valence-corrected chi connectivity index (χ1v) is 6.99. The van der Waals surface area contributed by atoms with Gasteiger partial charge >= 0.3 is 0 Å². The van der Waals surface area contributed by atoms with Crippen molar-refractivity contribution < 1.29 is 8.42 Å². The van der Waals surface area contributed by atoms with Crippen molar-refractivity contribution in [3.05, 3.63) is 12.2 Å². The Balaban J connectivity index is 2.76. The summed E-state index contributed by atoms with van der Waals surface area (Å²) in [4.78, 5) is 0. The van der Waals surface area contributed by atoms with Crippen LogP contribution in [0.5, 0.6) is 0 Å². The highest BCUT2D eigenvalue weighted by Gasteiger charge is 2.24. The van der Waals surface area contributed by atoms with E-state index < -0.39 is 8.27 Å². The van der Waals surface area contributed by atoms with E-state index in [4.69, 9.17) is 0 Å². The molecule has 2 nitrogen and oxygen atoms in total. The van der Waals surface area contributed by atoms with Crippen molar-refractivity contribution in [2.45, 2.75) is 25.0 Å². The predicted molar refractivity (Wildman–Crippen MR) is 49.2 cm³/mol. The van der Waals surface area contributed by atoms with E-state index in [0.29, 0.717) is 5.92 Å². The molecular weight excluding hydrogens is 228 g/mol. The van der Waals surface area contributed by atoms with Crippen LogP contribution in [-0.4, -0.2) is 13.7 Å². The lowest BCUT2D eigenvalue weighted by molar-refractivity contribution is 0.515. The van der Waals surface area contributed by atoms with Crippen LogP contribution in [0.3, 0.4) is 0 Å². The first-order valence-electron chi connectivity index (χ1n) is 3.60. The highest BCUT2D eigenvalue weighted by Crippen LogP contribution is 2.25. The standard InChI is InChI=1S/C7H11BrO2S/c1-6-3-2-4-7(5-6)11(8,9)10/h2,4,6-7H,3,5H2,1H3/t6-,7+/m0/s1. The lowest BCUT2D eigenvalue weighted by Gasteiger charge is -2.18. The summed E-state index contributed by atoms with van der Waals surface area (Å²) >= 11 is 2.69. The minimum atomic E-state index is -3.03. The van der Waals surface area contributed by atoms with Gasteiger partial charge in [-0.25, -0.2) is 8.42 Å². The van der Waals surface area contributed by atoms with Crippen LogP contribution in [0.15, 0.2) is 12.2 Å². The Kier molecular flexibility index (Phi) is 2.75. The van der Waals surface area contributed by atoms with E-state index in [0.717, 1.165) is 12.8 Å². The monoisotopic (exact) mass is 238 g/mol. The second-order valence-corrected chi connectivity index (χ2v) is 7.28. The smallest absolute Gasteiger partial charge is 0.215 e. The predicted octanol–water partition coefficient (Wildman–Crippen LogP) is 2.07. The Morgan fingerprint density at radius 1 is 1.55 bits per heavy atom. The van der Waals surface area contributed by atoms with Gasteiger partial charge in [0.25, 0.3) is 0 Å². The lowest BCUT2D eigenvalue weighted by Crippen LogP contribution is -2.19. The van der Waals surface area contributed by atoms with Gasteiger partial charge < -0.3 is 0 Å². The molecular formula is C7H11BrO2S. The number of hydrogen-bond acceptors (Lipinski definition) is 2. The largest absolute Gasteiger partial charge is 0.216 e. The molecule has 0 saturated carbocycles. The fourth-order valence-corrected chi connectivity index (χ4v) is 2.93. The normalized spacial score (nSPS) is 32.2. The van der Waals surface area contributed by atoms with Gasteiger partial charge in [-0.05, 0) is 18.8 Å². The van der Waals surface area contributed by atoms with Crippen molar-refractivity contribution in [1.29, 1.82) is 0 Å². The summed E-state index contributed by atoms with van der Waals surface area (Å²) in [5.74, 6) is 0.484. The Morgan fingerprint density at radius 3 is 2.55 bits per heavy atom. The first kappa shape index (κ1) is 9.26. The summed E-state index contributed by atoms with van der Waals surface area (Å²) in [5.41, 5.74) is 0.